The van der Waals surface area contributed by atoms with E-state index in [0.717, 1.165) is 12.1 Å². The number of thioether (sulfide) groups is 1. The summed E-state index contributed by atoms with van der Waals surface area (Å²) in [4.78, 5) is 14.6. The molecule has 0 radical (unpaired) electrons. The van der Waals surface area contributed by atoms with Crippen LogP contribution >= 0.6 is 11.8 Å². The molecule has 0 aromatic heterocycles. The number of allylic oxidation sites excluding steroid dienone is 2. The standard InChI is InChI=1S/C16H16F3NO2S/c1-4-22-9-12-14(21)13(15(23-12)20(2)3)10-6-5-7-11(8-10)16(17,18)19/h5-9H,4H2,1-3H3/b12-9-. The van der Waals surface area contributed by atoms with Crippen molar-refractivity contribution in [1.29, 1.82) is 0 Å². The van der Waals surface area contributed by atoms with Gasteiger partial charge in [0.15, 0.2) is 0 Å². The summed E-state index contributed by atoms with van der Waals surface area (Å²) in [5.41, 5.74) is -0.265. The summed E-state index contributed by atoms with van der Waals surface area (Å²) in [6.07, 6.45) is -3.09. The van der Waals surface area contributed by atoms with Crippen molar-refractivity contribution in [2.45, 2.75) is 13.1 Å². The minimum absolute atomic E-state index is 0.251. The molecule has 3 nitrogen and oxygen atoms in total. The molecule has 0 spiro atoms. The largest absolute Gasteiger partial charge is 0.500 e. The average molecular weight is 343 g/mol. The molecule has 0 fully saturated rings. The smallest absolute Gasteiger partial charge is 0.416 e. The second-order valence-corrected chi connectivity index (χ2v) is 6.05. The maximum Gasteiger partial charge on any atom is 0.416 e. The van der Waals surface area contributed by atoms with Crippen molar-refractivity contribution in [3.63, 3.8) is 0 Å². The van der Waals surface area contributed by atoms with Gasteiger partial charge in [-0.15, -0.1) is 0 Å². The number of hydrogen-bond acceptors (Lipinski definition) is 4. The highest BCUT2D eigenvalue weighted by molar-refractivity contribution is 8.08. The van der Waals surface area contributed by atoms with Crippen molar-refractivity contribution < 1.29 is 22.7 Å². The third kappa shape index (κ3) is 3.72. The summed E-state index contributed by atoms with van der Waals surface area (Å²) in [7, 11) is 3.49. The number of ketones is 1. The van der Waals surface area contributed by atoms with Gasteiger partial charge in [0.25, 0.3) is 0 Å². The number of halogens is 3. The lowest BCUT2D eigenvalue weighted by Crippen LogP contribution is -2.11. The summed E-state index contributed by atoms with van der Waals surface area (Å²) >= 11 is 1.19. The first-order valence-corrected chi connectivity index (χ1v) is 7.71. The van der Waals surface area contributed by atoms with Gasteiger partial charge in [0, 0.05) is 14.1 Å². The molecule has 1 aromatic carbocycles. The predicted molar refractivity (Wildman–Crippen MR) is 84.4 cm³/mol. The van der Waals surface area contributed by atoms with Gasteiger partial charge in [-0.3, -0.25) is 4.79 Å². The molecule has 0 aliphatic carbocycles. The maximum absolute atomic E-state index is 12.9. The minimum atomic E-state index is -4.45. The quantitative estimate of drug-likeness (QED) is 0.607. The van der Waals surface area contributed by atoms with Gasteiger partial charge in [0.2, 0.25) is 5.78 Å². The maximum atomic E-state index is 12.9. The topological polar surface area (TPSA) is 29.5 Å². The Morgan fingerprint density at radius 3 is 2.57 bits per heavy atom. The zero-order valence-corrected chi connectivity index (χ0v) is 13.7. The van der Waals surface area contributed by atoms with Crippen LogP contribution in [-0.4, -0.2) is 31.4 Å². The van der Waals surface area contributed by atoms with Crippen molar-refractivity contribution in [1.82, 2.24) is 4.90 Å². The SMILES string of the molecule is CCO/C=C1\SC(N(C)C)=C(c2cccc(C(F)(F)F)c2)C1=O. The monoisotopic (exact) mass is 343 g/mol. The van der Waals surface area contributed by atoms with Crippen LogP contribution in [0.25, 0.3) is 5.57 Å². The van der Waals surface area contributed by atoms with Gasteiger partial charge in [-0.2, -0.15) is 13.2 Å². The van der Waals surface area contributed by atoms with Crippen LogP contribution in [0.4, 0.5) is 13.2 Å². The Morgan fingerprint density at radius 2 is 2.00 bits per heavy atom. The normalized spacial score (nSPS) is 17.1. The Hall–Kier alpha value is -1.89. The van der Waals surface area contributed by atoms with Crippen LogP contribution in [0.1, 0.15) is 18.1 Å². The molecule has 1 heterocycles. The van der Waals surface area contributed by atoms with E-state index in [-0.39, 0.29) is 16.9 Å². The third-order valence-electron chi connectivity index (χ3n) is 3.11. The molecule has 0 N–H and O–H groups in total. The molecule has 0 saturated carbocycles. The van der Waals surface area contributed by atoms with Crippen LogP contribution in [-0.2, 0) is 15.7 Å². The highest BCUT2D eigenvalue weighted by Crippen LogP contribution is 2.44. The molecule has 0 saturated heterocycles. The first-order valence-electron chi connectivity index (χ1n) is 6.89. The minimum Gasteiger partial charge on any atom is -0.500 e. The van der Waals surface area contributed by atoms with E-state index in [1.165, 1.54) is 30.2 Å². The molecule has 23 heavy (non-hydrogen) atoms. The number of ether oxygens (including phenoxy) is 1. The fraction of sp³-hybridized carbons (Fsp3) is 0.312. The molecule has 0 amide bonds. The van der Waals surface area contributed by atoms with Gasteiger partial charge < -0.3 is 9.64 Å². The lowest BCUT2D eigenvalue weighted by molar-refractivity contribution is -0.137. The first-order chi connectivity index (χ1) is 10.8. The summed E-state index contributed by atoms with van der Waals surface area (Å²) in [6, 6.07) is 4.81. The van der Waals surface area contributed by atoms with Crippen molar-refractivity contribution in [3.05, 3.63) is 51.6 Å². The molecule has 0 unspecified atom stereocenters. The van der Waals surface area contributed by atoms with Crippen molar-refractivity contribution in [3.8, 4) is 0 Å². The summed E-state index contributed by atoms with van der Waals surface area (Å²) < 4.78 is 43.9. The third-order valence-corrected chi connectivity index (χ3v) is 4.38. The van der Waals surface area contributed by atoms with Crippen LogP contribution in [0.3, 0.4) is 0 Å². The van der Waals surface area contributed by atoms with E-state index in [2.05, 4.69) is 0 Å². The molecule has 7 heteroatoms. The lowest BCUT2D eigenvalue weighted by atomic mass is 10.00. The molecule has 1 aromatic rings. The fourth-order valence-electron chi connectivity index (χ4n) is 2.08. The van der Waals surface area contributed by atoms with Crippen LogP contribution in [0.5, 0.6) is 0 Å². The lowest BCUT2D eigenvalue weighted by Gasteiger charge is -2.15. The molecule has 2 rings (SSSR count). The summed E-state index contributed by atoms with van der Waals surface area (Å²) in [5.74, 6) is -0.327. The Labute approximate surface area is 136 Å². The van der Waals surface area contributed by atoms with Gasteiger partial charge >= 0.3 is 6.18 Å². The predicted octanol–water partition coefficient (Wildman–Crippen LogP) is 4.13. The number of nitrogens with zero attached hydrogens (tertiary/aromatic N) is 1. The fourth-order valence-corrected chi connectivity index (χ4v) is 3.09. The van der Waals surface area contributed by atoms with Crippen LogP contribution in [0.2, 0.25) is 0 Å². The van der Waals surface area contributed by atoms with E-state index in [0.29, 0.717) is 16.5 Å². The van der Waals surface area contributed by atoms with E-state index in [9.17, 15) is 18.0 Å². The molecule has 0 atom stereocenters. The van der Waals surface area contributed by atoms with E-state index in [1.807, 2.05) is 0 Å². The van der Waals surface area contributed by atoms with E-state index in [4.69, 9.17) is 4.74 Å². The zero-order chi connectivity index (χ0) is 17.2. The van der Waals surface area contributed by atoms with Gasteiger partial charge in [-0.25, -0.2) is 0 Å². The molecule has 1 aliphatic heterocycles. The number of carbonyl (C=O) groups excluding carboxylic acids is 1. The Morgan fingerprint density at radius 1 is 1.30 bits per heavy atom. The Kier molecular flexibility index (Phi) is 5.09. The van der Waals surface area contributed by atoms with E-state index in [1.54, 1.807) is 25.9 Å². The van der Waals surface area contributed by atoms with Crippen LogP contribution in [0, 0.1) is 0 Å². The number of Topliss-reactive ketones (excluding diaryl/α,β-unsaturated/α-hetero) is 1. The molecular weight excluding hydrogens is 327 g/mol. The van der Waals surface area contributed by atoms with E-state index >= 15 is 0 Å². The number of benzene rings is 1. The highest BCUT2D eigenvalue weighted by atomic mass is 32.2. The van der Waals surface area contributed by atoms with Crippen LogP contribution in [0.15, 0.2) is 40.5 Å². The van der Waals surface area contributed by atoms with E-state index < -0.39 is 11.7 Å². The molecule has 1 aliphatic rings. The van der Waals surface area contributed by atoms with Gasteiger partial charge in [-0.1, -0.05) is 23.9 Å². The zero-order valence-electron chi connectivity index (χ0n) is 12.9. The van der Waals surface area contributed by atoms with Gasteiger partial charge in [0.1, 0.15) is 6.26 Å². The second-order valence-electron chi connectivity index (χ2n) is 5.02. The second kappa shape index (κ2) is 6.70. The Bertz CT molecular complexity index is 678. The summed E-state index contributed by atoms with van der Waals surface area (Å²) in [6.45, 7) is 2.20. The van der Waals surface area contributed by atoms with Crippen LogP contribution < -0.4 is 0 Å². The summed E-state index contributed by atoms with van der Waals surface area (Å²) in [5, 5.41) is 0.597. The number of carbonyl (C=O) groups is 1. The van der Waals surface area contributed by atoms with Gasteiger partial charge in [-0.05, 0) is 24.6 Å². The number of hydrogen-bond donors (Lipinski definition) is 0. The average Bonchev–Trinajstić information content (AvgIpc) is 2.81. The molecular formula is C16H16F3NO2S. The van der Waals surface area contributed by atoms with Crippen molar-refractivity contribution in [2.24, 2.45) is 0 Å². The Balaban J connectivity index is 2.50. The van der Waals surface area contributed by atoms with Crippen molar-refractivity contribution in [2.75, 3.05) is 20.7 Å². The number of alkyl halides is 3. The van der Waals surface area contributed by atoms with Gasteiger partial charge in [0.05, 0.1) is 27.7 Å². The first kappa shape index (κ1) is 17.5. The number of rotatable bonds is 4. The molecule has 0 bridgehead atoms. The highest BCUT2D eigenvalue weighted by Gasteiger charge is 2.35. The molecule has 124 valence electrons. The van der Waals surface area contributed by atoms with Crippen molar-refractivity contribution >= 4 is 23.1 Å².